The summed E-state index contributed by atoms with van der Waals surface area (Å²) in [7, 11) is 0. The van der Waals surface area contributed by atoms with E-state index in [0.717, 1.165) is 35.0 Å². The van der Waals surface area contributed by atoms with Gasteiger partial charge in [-0.25, -0.2) is 9.78 Å². The van der Waals surface area contributed by atoms with E-state index in [4.69, 9.17) is 0 Å². The van der Waals surface area contributed by atoms with Gasteiger partial charge in [0.05, 0.1) is 5.69 Å². The molecule has 0 atom stereocenters. The molecule has 0 saturated heterocycles. The lowest BCUT2D eigenvalue weighted by Crippen LogP contribution is -2.08. The van der Waals surface area contributed by atoms with Crippen molar-refractivity contribution in [2.45, 2.75) is 44.9 Å². The summed E-state index contributed by atoms with van der Waals surface area (Å²) in [5.74, 6) is -0.127. The fourth-order valence-corrected chi connectivity index (χ4v) is 4.08. The van der Waals surface area contributed by atoms with Crippen LogP contribution in [0.4, 0.5) is 0 Å². The second-order valence-electron chi connectivity index (χ2n) is 5.88. The second kappa shape index (κ2) is 7.01. The quantitative estimate of drug-likeness (QED) is 0.887. The van der Waals surface area contributed by atoms with Crippen molar-refractivity contribution >= 4 is 17.3 Å². The SMILES string of the molecule is O=C(O)c1sc(-c2ccncc2)nc1CCC1CCCCC1. The summed E-state index contributed by atoms with van der Waals surface area (Å²) in [4.78, 5) is 20.5. The van der Waals surface area contributed by atoms with Crippen molar-refractivity contribution in [2.75, 3.05) is 0 Å². The summed E-state index contributed by atoms with van der Waals surface area (Å²) in [5.41, 5.74) is 1.68. The Labute approximate surface area is 134 Å². The molecular formula is C17H20N2O2S. The second-order valence-corrected chi connectivity index (χ2v) is 6.88. The monoisotopic (exact) mass is 316 g/mol. The van der Waals surface area contributed by atoms with E-state index in [-0.39, 0.29) is 0 Å². The molecule has 0 aliphatic heterocycles. The molecule has 22 heavy (non-hydrogen) atoms. The van der Waals surface area contributed by atoms with Crippen molar-refractivity contribution in [1.29, 1.82) is 0 Å². The van der Waals surface area contributed by atoms with E-state index in [1.165, 1.54) is 43.4 Å². The molecule has 4 nitrogen and oxygen atoms in total. The summed E-state index contributed by atoms with van der Waals surface area (Å²) >= 11 is 1.27. The third kappa shape index (κ3) is 3.53. The molecule has 0 spiro atoms. The van der Waals surface area contributed by atoms with E-state index in [1.807, 2.05) is 12.1 Å². The zero-order valence-corrected chi connectivity index (χ0v) is 13.3. The Hall–Kier alpha value is -1.75. The summed E-state index contributed by atoms with van der Waals surface area (Å²) in [5, 5.41) is 10.2. The number of aromatic carboxylic acids is 1. The molecule has 0 unspecified atom stereocenters. The van der Waals surface area contributed by atoms with Crippen LogP contribution in [0.5, 0.6) is 0 Å². The number of hydrogen-bond acceptors (Lipinski definition) is 4. The van der Waals surface area contributed by atoms with Crippen LogP contribution in [0.15, 0.2) is 24.5 Å². The van der Waals surface area contributed by atoms with Gasteiger partial charge >= 0.3 is 5.97 Å². The normalized spacial score (nSPS) is 15.8. The van der Waals surface area contributed by atoms with Crippen LogP contribution in [0, 0.1) is 5.92 Å². The topological polar surface area (TPSA) is 63.1 Å². The molecule has 3 rings (SSSR count). The number of rotatable bonds is 5. The minimum atomic E-state index is -0.864. The molecular weight excluding hydrogens is 296 g/mol. The number of thiazole rings is 1. The maximum absolute atomic E-state index is 11.5. The van der Waals surface area contributed by atoms with E-state index in [2.05, 4.69) is 9.97 Å². The molecule has 1 fully saturated rings. The lowest BCUT2D eigenvalue weighted by molar-refractivity contribution is 0.0700. The van der Waals surface area contributed by atoms with E-state index in [0.29, 0.717) is 4.88 Å². The van der Waals surface area contributed by atoms with Crippen molar-refractivity contribution in [2.24, 2.45) is 5.92 Å². The summed E-state index contributed by atoms with van der Waals surface area (Å²) in [6, 6.07) is 3.74. The molecule has 0 bridgehead atoms. The third-order valence-corrected chi connectivity index (χ3v) is 5.47. The summed E-state index contributed by atoms with van der Waals surface area (Å²) < 4.78 is 0. The molecule has 5 heteroatoms. The Balaban J connectivity index is 1.77. The number of nitrogens with zero attached hydrogens (tertiary/aromatic N) is 2. The average Bonchev–Trinajstić information content (AvgIpc) is 2.99. The van der Waals surface area contributed by atoms with Crippen LogP contribution in [0.3, 0.4) is 0 Å². The van der Waals surface area contributed by atoms with Crippen LogP contribution in [-0.2, 0) is 6.42 Å². The molecule has 2 aromatic heterocycles. The molecule has 1 aliphatic carbocycles. The fourth-order valence-electron chi connectivity index (χ4n) is 3.12. The van der Waals surface area contributed by atoms with Crippen molar-refractivity contribution < 1.29 is 9.90 Å². The molecule has 0 amide bonds. The predicted molar refractivity (Wildman–Crippen MR) is 87.2 cm³/mol. The Morgan fingerprint density at radius 2 is 1.95 bits per heavy atom. The summed E-state index contributed by atoms with van der Waals surface area (Å²) in [6.45, 7) is 0. The highest BCUT2D eigenvalue weighted by Gasteiger charge is 2.20. The number of aryl methyl sites for hydroxylation is 1. The van der Waals surface area contributed by atoms with Gasteiger partial charge in [-0.2, -0.15) is 0 Å². The minimum Gasteiger partial charge on any atom is -0.477 e. The lowest BCUT2D eigenvalue weighted by atomic mass is 9.86. The highest BCUT2D eigenvalue weighted by atomic mass is 32.1. The van der Waals surface area contributed by atoms with Crippen LogP contribution >= 0.6 is 11.3 Å². The Kier molecular flexibility index (Phi) is 4.83. The largest absolute Gasteiger partial charge is 0.477 e. The van der Waals surface area contributed by atoms with E-state index < -0.39 is 5.97 Å². The average molecular weight is 316 g/mol. The predicted octanol–water partition coefficient (Wildman–Crippen LogP) is 4.42. The molecule has 1 aliphatic rings. The van der Waals surface area contributed by atoms with E-state index in [1.54, 1.807) is 12.4 Å². The third-order valence-electron chi connectivity index (χ3n) is 4.33. The Morgan fingerprint density at radius 1 is 1.23 bits per heavy atom. The van der Waals surface area contributed by atoms with Crippen molar-refractivity contribution in [3.8, 4) is 10.6 Å². The van der Waals surface area contributed by atoms with Gasteiger partial charge in [-0.1, -0.05) is 32.1 Å². The van der Waals surface area contributed by atoms with Gasteiger partial charge in [-0.05, 0) is 30.9 Å². The van der Waals surface area contributed by atoms with Crippen molar-refractivity contribution in [3.63, 3.8) is 0 Å². The van der Waals surface area contributed by atoms with Gasteiger partial charge < -0.3 is 5.11 Å². The number of carboxylic acids is 1. The zero-order chi connectivity index (χ0) is 15.4. The van der Waals surface area contributed by atoms with Gasteiger partial charge in [0.15, 0.2) is 0 Å². The van der Waals surface area contributed by atoms with Crippen LogP contribution in [0.2, 0.25) is 0 Å². The van der Waals surface area contributed by atoms with Gasteiger partial charge in [0.25, 0.3) is 0 Å². The van der Waals surface area contributed by atoms with Gasteiger partial charge in [-0.3, -0.25) is 4.98 Å². The van der Waals surface area contributed by atoms with Crippen molar-refractivity contribution in [3.05, 3.63) is 35.1 Å². The van der Waals surface area contributed by atoms with Gasteiger partial charge in [0.2, 0.25) is 0 Å². The number of aromatic nitrogens is 2. The smallest absolute Gasteiger partial charge is 0.347 e. The first kappa shape index (κ1) is 15.2. The van der Waals surface area contributed by atoms with E-state index in [9.17, 15) is 9.90 Å². The standard InChI is InChI=1S/C17H20N2O2S/c20-17(21)15-14(7-6-12-4-2-1-3-5-12)19-16(22-15)13-8-10-18-11-9-13/h8-12H,1-7H2,(H,20,21). The molecule has 1 saturated carbocycles. The maximum atomic E-state index is 11.5. The van der Waals surface area contributed by atoms with Crippen LogP contribution in [0.1, 0.15) is 53.9 Å². The maximum Gasteiger partial charge on any atom is 0.347 e. The highest BCUT2D eigenvalue weighted by molar-refractivity contribution is 7.17. The molecule has 2 heterocycles. The highest BCUT2D eigenvalue weighted by Crippen LogP contribution is 2.31. The van der Waals surface area contributed by atoms with Gasteiger partial charge in [0.1, 0.15) is 9.88 Å². The summed E-state index contributed by atoms with van der Waals surface area (Å²) in [6.07, 6.45) is 11.8. The number of carboxylic acid groups (broad SMARTS) is 1. The Morgan fingerprint density at radius 3 is 2.64 bits per heavy atom. The molecule has 116 valence electrons. The molecule has 0 radical (unpaired) electrons. The number of carbonyl (C=O) groups is 1. The van der Waals surface area contributed by atoms with E-state index >= 15 is 0 Å². The first-order valence-electron chi connectivity index (χ1n) is 7.87. The fraction of sp³-hybridized carbons (Fsp3) is 0.471. The molecule has 2 aromatic rings. The first-order valence-corrected chi connectivity index (χ1v) is 8.69. The van der Waals surface area contributed by atoms with Gasteiger partial charge in [-0.15, -0.1) is 11.3 Å². The van der Waals surface area contributed by atoms with Crippen molar-refractivity contribution in [1.82, 2.24) is 9.97 Å². The minimum absolute atomic E-state index is 0.391. The zero-order valence-electron chi connectivity index (χ0n) is 12.5. The first-order chi connectivity index (χ1) is 10.7. The molecule has 1 N–H and O–H groups in total. The number of pyridine rings is 1. The number of hydrogen-bond donors (Lipinski definition) is 1. The van der Waals surface area contributed by atoms with Gasteiger partial charge in [0, 0.05) is 18.0 Å². The lowest BCUT2D eigenvalue weighted by Gasteiger charge is -2.20. The van der Waals surface area contributed by atoms with Crippen LogP contribution in [0.25, 0.3) is 10.6 Å². The molecule has 0 aromatic carbocycles. The Bertz CT molecular complexity index is 633. The van der Waals surface area contributed by atoms with Crippen LogP contribution in [-0.4, -0.2) is 21.0 Å². The van der Waals surface area contributed by atoms with Crippen LogP contribution < -0.4 is 0 Å².